The van der Waals surface area contributed by atoms with E-state index in [2.05, 4.69) is 4.74 Å². The SMILES string of the molecule is CCOC(C)C(F)C(O)OCC. The Morgan fingerprint density at radius 3 is 2.17 bits per heavy atom. The van der Waals surface area contributed by atoms with Gasteiger partial charge in [-0.05, 0) is 20.8 Å². The number of aliphatic hydroxyl groups is 1. The van der Waals surface area contributed by atoms with Crippen LogP contribution in [-0.2, 0) is 9.47 Å². The highest BCUT2D eigenvalue weighted by molar-refractivity contribution is 4.67. The van der Waals surface area contributed by atoms with E-state index >= 15 is 0 Å². The molecule has 0 aromatic rings. The van der Waals surface area contributed by atoms with E-state index in [1.807, 2.05) is 0 Å². The zero-order valence-electron chi connectivity index (χ0n) is 7.79. The highest BCUT2D eigenvalue weighted by Crippen LogP contribution is 2.09. The van der Waals surface area contributed by atoms with Crippen molar-refractivity contribution in [2.24, 2.45) is 0 Å². The van der Waals surface area contributed by atoms with Gasteiger partial charge in [-0.2, -0.15) is 0 Å². The summed E-state index contributed by atoms with van der Waals surface area (Å²) < 4.78 is 22.7. The molecule has 3 atom stereocenters. The van der Waals surface area contributed by atoms with Crippen LogP contribution in [0.3, 0.4) is 0 Å². The molecule has 12 heavy (non-hydrogen) atoms. The second kappa shape index (κ2) is 6.34. The van der Waals surface area contributed by atoms with E-state index in [0.717, 1.165) is 0 Å². The maximum atomic E-state index is 13.1. The lowest BCUT2D eigenvalue weighted by atomic mass is 10.2. The van der Waals surface area contributed by atoms with Crippen LogP contribution in [0, 0.1) is 0 Å². The van der Waals surface area contributed by atoms with Gasteiger partial charge >= 0.3 is 0 Å². The smallest absolute Gasteiger partial charge is 0.188 e. The Balaban J connectivity index is 3.73. The van der Waals surface area contributed by atoms with Gasteiger partial charge in [-0.3, -0.25) is 0 Å². The highest BCUT2D eigenvalue weighted by Gasteiger charge is 2.25. The molecule has 0 radical (unpaired) electrons. The minimum atomic E-state index is -1.48. The van der Waals surface area contributed by atoms with Crippen molar-refractivity contribution in [1.29, 1.82) is 0 Å². The molecule has 0 aromatic carbocycles. The predicted molar refractivity (Wildman–Crippen MR) is 43.6 cm³/mol. The first-order chi connectivity index (χ1) is 5.63. The van der Waals surface area contributed by atoms with Crippen LogP contribution in [-0.4, -0.2) is 36.9 Å². The fourth-order valence-electron chi connectivity index (χ4n) is 0.849. The van der Waals surface area contributed by atoms with Crippen molar-refractivity contribution >= 4 is 0 Å². The number of hydrogen-bond donors (Lipinski definition) is 1. The van der Waals surface area contributed by atoms with Gasteiger partial charge in [0.05, 0.1) is 6.10 Å². The van der Waals surface area contributed by atoms with Crippen LogP contribution in [0.15, 0.2) is 0 Å². The largest absolute Gasteiger partial charge is 0.376 e. The van der Waals surface area contributed by atoms with E-state index in [-0.39, 0.29) is 0 Å². The first-order valence-electron chi connectivity index (χ1n) is 4.18. The third-order valence-corrected chi connectivity index (χ3v) is 1.49. The molecule has 0 fully saturated rings. The average molecular weight is 180 g/mol. The summed E-state index contributed by atoms with van der Waals surface area (Å²) in [5.41, 5.74) is 0. The molecule has 0 aliphatic carbocycles. The first-order valence-corrected chi connectivity index (χ1v) is 4.18. The van der Waals surface area contributed by atoms with Crippen molar-refractivity contribution in [3.8, 4) is 0 Å². The van der Waals surface area contributed by atoms with Crippen LogP contribution in [0.1, 0.15) is 20.8 Å². The topological polar surface area (TPSA) is 38.7 Å². The fraction of sp³-hybridized carbons (Fsp3) is 1.00. The third kappa shape index (κ3) is 3.99. The number of halogens is 1. The van der Waals surface area contributed by atoms with Crippen LogP contribution in [0.5, 0.6) is 0 Å². The molecule has 0 aliphatic heterocycles. The standard InChI is InChI=1S/C8H17FO3/c1-4-11-6(3)7(9)8(10)12-5-2/h6-8,10H,4-5H2,1-3H3. The predicted octanol–water partition coefficient (Wildman–Crippen LogP) is 1.10. The lowest BCUT2D eigenvalue weighted by Gasteiger charge is -2.21. The van der Waals surface area contributed by atoms with E-state index in [1.54, 1.807) is 20.8 Å². The molecule has 0 saturated heterocycles. The first kappa shape index (κ1) is 11.8. The zero-order chi connectivity index (χ0) is 9.56. The van der Waals surface area contributed by atoms with Crippen molar-refractivity contribution in [1.82, 2.24) is 0 Å². The lowest BCUT2D eigenvalue weighted by Crippen LogP contribution is -2.35. The van der Waals surface area contributed by atoms with Gasteiger partial charge in [-0.25, -0.2) is 4.39 Å². The van der Waals surface area contributed by atoms with Gasteiger partial charge in [0.15, 0.2) is 12.5 Å². The molecule has 0 saturated carbocycles. The van der Waals surface area contributed by atoms with Crippen molar-refractivity contribution in [3.63, 3.8) is 0 Å². The monoisotopic (exact) mass is 180 g/mol. The summed E-state index contributed by atoms with van der Waals surface area (Å²) in [6.07, 6.45) is -3.49. The van der Waals surface area contributed by atoms with Gasteiger partial charge < -0.3 is 14.6 Å². The molecule has 1 N–H and O–H groups in total. The highest BCUT2D eigenvalue weighted by atomic mass is 19.1. The summed E-state index contributed by atoms with van der Waals surface area (Å²) in [4.78, 5) is 0. The van der Waals surface area contributed by atoms with Crippen molar-refractivity contribution in [2.45, 2.75) is 39.3 Å². The molecule has 0 amide bonds. The average Bonchev–Trinajstić information content (AvgIpc) is 2.04. The van der Waals surface area contributed by atoms with Gasteiger partial charge in [0, 0.05) is 13.2 Å². The van der Waals surface area contributed by atoms with E-state index in [4.69, 9.17) is 9.84 Å². The molecular formula is C8H17FO3. The summed E-state index contributed by atoms with van der Waals surface area (Å²) >= 11 is 0. The molecule has 0 spiro atoms. The molecule has 0 aromatic heterocycles. The summed E-state index contributed by atoms with van der Waals surface area (Å²) in [5, 5.41) is 9.04. The maximum absolute atomic E-state index is 13.1. The Hall–Kier alpha value is -0.190. The van der Waals surface area contributed by atoms with Crippen molar-refractivity contribution < 1.29 is 19.0 Å². The Kier molecular flexibility index (Phi) is 6.24. The van der Waals surface area contributed by atoms with Gasteiger partial charge in [0.2, 0.25) is 0 Å². The zero-order valence-corrected chi connectivity index (χ0v) is 7.79. The summed E-state index contributed by atoms with van der Waals surface area (Å²) in [7, 11) is 0. The van der Waals surface area contributed by atoms with Gasteiger partial charge in [-0.15, -0.1) is 0 Å². The van der Waals surface area contributed by atoms with Gasteiger partial charge in [0.25, 0.3) is 0 Å². The van der Waals surface area contributed by atoms with Gasteiger partial charge in [-0.1, -0.05) is 0 Å². The molecule has 0 bridgehead atoms. The van der Waals surface area contributed by atoms with E-state index < -0.39 is 18.6 Å². The van der Waals surface area contributed by atoms with Crippen LogP contribution in [0.2, 0.25) is 0 Å². The van der Waals surface area contributed by atoms with Crippen LogP contribution in [0.25, 0.3) is 0 Å². The molecule has 74 valence electrons. The van der Waals surface area contributed by atoms with Crippen LogP contribution in [0.4, 0.5) is 4.39 Å². The summed E-state index contributed by atoms with van der Waals surface area (Å²) in [5.74, 6) is 0. The van der Waals surface area contributed by atoms with E-state index in [0.29, 0.717) is 13.2 Å². The second-order valence-corrected chi connectivity index (χ2v) is 2.45. The quantitative estimate of drug-likeness (QED) is 0.622. The number of hydrogen-bond acceptors (Lipinski definition) is 3. The fourth-order valence-corrected chi connectivity index (χ4v) is 0.849. The molecule has 4 heteroatoms. The molecule has 3 nitrogen and oxygen atoms in total. The van der Waals surface area contributed by atoms with Crippen LogP contribution < -0.4 is 0 Å². The Bertz CT molecular complexity index is 98.5. The molecular weight excluding hydrogens is 163 g/mol. The Morgan fingerprint density at radius 1 is 1.25 bits per heavy atom. The number of ether oxygens (including phenoxy) is 2. The molecule has 0 heterocycles. The summed E-state index contributed by atoms with van der Waals surface area (Å²) in [6.45, 7) is 5.76. The summed E-state index contributed by atoms with van der Waals surface area (Å²) in [6, 6.07) is 0. The Morgan fingerprint density at radius 2 is 1.75 bits per heavy atom. The second-order valence-electron chi connectivity index (χ2n) is 2.45. The van der Waals surface area contributed by atoms with E-state index in [1.165, 1.54) is 0 Å². The van der Waals surface area contributed by atoms with Crippen molar-refractivity contribution in [3.05, 3.63) is 0 Å². The Labute approximate surface area is 72.5 Å². The minimum Gasteiger partial charge on any atom is -0.376 e. The normalized spacial score (nSPS) is 18.8. The molecule has 0 rings (SSSR count). The minimum absolute atomic E-state index is 0.292. The number of rotatable bonds is 6. The number of aliphatic hydroxyl groups excluding tert-OH is 1. The van der Waals surface area contributed by atoms with Crippen LogP contribution >= 0.6 is 0 Å². The lowest BCUT2D eigenvalue weighted by molar-refractivity contribution is -0.166. The maximum Gasteiger partial charge on any atom is 0.188 e. The number of alkyl halides is 1. The van der Waals surface area contributed by atoms with E-state index in [9.17, 15) is 4.39 Å². The third-order valence-electron chi connectivity index (χ3n) is 1.49. The molecule has 0 aliphatic rings. The van der Waals surface area contributed by atoms with Gasteiger partial charge in [0.1, 0.15) is 0 Å². The van der Waals surface area contributed by atoms with Crippen molar-refractivity contribution in [2.75, 3.05) is 13.2 Å². The molecule has 3 unspecified atom stereocenters.